The summed E-state index contributed by atoms with van der Waals surface area (Å²) in [6.45, 7) is 6.10. The minimum atomic E-state index is 0.0142. The molecule has 5 unspecified atom stereocenters. The highest BCUT2D eigenvalue weighted by Gasteiger charge is 2.38. The Bertz CT molecular complexity index is 690. The normalized spacial score (nSPS) is 31.7. The number of unbranched alkanes of at least 4 members (excludes halogenated alkanes) is 1. The third kappa shape index (κ3) is 4.97. The first-order valence-electron chi connectivity index (χ1n) is 12.6. The van der Waals surface area contributed by atoms with Crippen LogP contribution in [0, 0.1) is 35.4 Å². The van der Waals surface area contributed by atoms with Gasteiger partial charge in [0.05, 0.1) is 0 Å². The maximum Gasteiger partial charge on any atom is 0.126 e. The van der Waals surface area contributed by atoms with E-state index < -0.39 is 0 Å². The second-order valence-corrected chi connectivity index (χ2v) is 10.5. The minimum Gasteiger partial charge on any atom is -0.207 e. The molecule has 0 spiro atoms. The van der Waals surface area contributed by atoms with E-state index in [-0.39, 0.29) is 5.82 Å². The summed E-state index contributed by atoms with van der Waals surface area (Å²) in [7, 11) is 0. The van der Waals surface area contributed by atoms with E-state index in [4.69, 9.17) is 0 Å². The van der Waals surface area contributed by atoms with E-state index in [0.29, 0.717) is 0 Å². The van der Waals surface area contributed by atoms with Crippen molar-refractivity contribution in [3.8, 4) is 0 Å². The highest BCUT2D eigenvalue weighted by molar-refractivity contribution is 5.35. The van der Waals surface area contributed by atoms with Crippen LogP contribution in [0.2, 0.25) is 0 Å². The van der Waals surface area contributed by atoms with Crippen LogP contribution >= 0.6 is 0 Å². The molecule has 5 atom stereocenters. The molecular formula is C28H41F. The Morgan fingerprint density at radius 2 is 1.72 bits per heavy atom. The Kier molecular flexibility index (Phi) is 7.14. The molecule has 1 heteroatoms. The SMILES string of the molecule is C=CCCc1cc2c(cc1F)CC(C1CCC3CC(CCCC)CCC3C1)CC2. The molecule has 0 nitrogen and oxygen atoms in total. The second-order valence-electron chi connectivity index (χ2n) is 10.5. The highest BCUT2D eigenvalue weighted by Crippen LogP contribution is 2.49. The molecule has 4 rings (SSSR count). The molecule has 3 aliphatic rings. The van der Waals surface area contributed by atoms with Crippen molar-refractivity contribution in [2.24, 2.45) is 29.6 Å². The summed E-state index contributed by atoms with van der Waals surface area (Å²) in [5.74, 6) is 4.72. The van der Waals surface area contributed by atoms with Gasteiger partial charge in [-0.2, -0.15) is 0 Å². The average Bonchev–Trinajstić information content (AvgIpc) is 2.75. The van der Waals surface area contributed by atoms with Crippen molar-refractivity contribution in [1.29, 1.82) is 0 Å². The molecule has 0 aromatic heterocycles. The molecular weight excluding hydrogens is 355 g/mol. The van der Waals surface area contributed by atoms with Crippen LogP contribution in [-0.4, -0.2) is 0 Å². The zero-order valence-electron chi connectivity index (χ0n) is 18.6. The summed E-state index contributed by atoms with van der Waals surface area (Å²) in [5, 5.41) is 0. The molecule has 160 valence electrons. The van der Waals surface area contributed by atoms with E-state index in [9.17, 15) is 4.39 Å². The van der Waals surface area contributed by atoms with Gasteiger partial charge >= 0.3 is 0 Å². The van der Waals surface area contributed by atoms with Gasteiger partial charge in [0, 0.05) is 0 Å². The summed E-state index contributed by atoms with van der Waals surface area (Å²) in [6, 6.07) is 4.04. The molecule has 2 fully saturated rings. The Morgan fingerprint density at radius 3 is 2.52 bits per heavy atom. The maximum atomic E-state index is 14.6. The number of allylic oxidation sites excluding steroid dienone is 1. The number of aryl methyl sites for hydroxylation is 2. The third-order valence-corrected chi connectivity index (χ3v) is 8.65. The van der Waals surface area contributed by atoms with Gasteiger partial charge in [0.2, 0.25) is 0 Å². The zero-order valence-corrected chi connectivity index (χ0v) is 18.6. The monoisotopic (exact) mass is 396 g/mol. The van der Waals surface area contributed by atoms with Crippen molar-refractivity contribution >= 4 is 0 Å². The van der Waals surface area contributed by atoms with Crippen LogP contribution in [0.25, 0.3) is 0 Å². The topological polar surface area (TPSA) is 0 Å². The van der Waals surface area contributed by atoms with Crippen LogP contribution in [0.5, 0.6) is 0 Å². The van der Waals surface area contributed by atoms with Crippen molar-refractivity contribution in [1.82, 2.24) is 0 Å². The zero-order chi connectivity index (χ0) is 20.2. The van der Waals surface area contributed by atoms with Gasteiger partial charge in [-0.1, -0.05) is 44.7 Å². The molecule has 0 aliphatic heterocycles. The standard InChI is InChI=1S/C28H41F/c1-3-5-7-20-9-10-22-16-23(12-11-21(22)15-20)24-13-14-25-17-26(8-6-4-2)28(29)19-27(25)18-24/h4,17,19-24H,2-3,5-16,18H2,1H3. The molecule has 0 heterocycles. The van der Waals surface area contributed by atoms with Crippen molar-refractivity contribution < 1.29 is 4.39 Å². The van der Waals surface area contributed by atoms with E-state index >= 15 is 0 Å². The van der Waals surface area contributed by atoms with E-state index in [1.54, 1.807) is 0 Å². The van der Waals surface area contributed by atoms with E-state index in [1.165, 1.54) is 75.3 Å². The number of halogens is 1. The van der Waals surface area contributed by atoms with Crippen LogP contribution in [0.1, 0.15) is 94.2 Å². The Hall–Kier alpha value is -1.11. The lowest BCUT2D eigenvalue weighted by atomic mass is 9.61. The van der Waals surface area contributed by atoms with Crippen LogP contribution in [0.4, 0.5) is 4.39 Å². The summed E-state index contributed by atoms with van der Waals surface area (Å²) in [6.07, 6.45) is 20.3. The number of benzene rings is 1. The lowest BCUT2D eigenvalue weighted by molar-refractivity contribution is 0.0691. The van der Waals surface area contributed by atoms with Crippen LogP contribution in [0.15, 0.2) is 24.8 Å². The average molecular weight is 397 g/mol. The maximum absolute atomic E-state index is 14.6. The van der Waals surface area contributed by atoms with Gasteiger partial charge < -0.3 is 0 Å². The van der Waals surface area contributed by atoms with Crippen LogP contribution in [-0.2, 0) is 19.3 Å². The lowest BCUT2D eigenvalue weighted by Crippen LogP contribution is -2.35. The van der Waals surface area contributed by atoms with E-state index in [2.05, 4.69) is 19.6 Å². The van der Waals surface area contributed by atoms with Gasteiger partial charge in [0.25, 0.3) is 0 Å². The molecule has 29 heavy (non-hydrogen) atoms. The van der Waals surface area contributed by atoms with Crippen LogP contribution in [0.3, 0.4) is 0 Å². The summed E-state index contributed by atoms with van der Waals surface area (Å²) >= 11 is 0. The third-order valence-electron chi connectivity index (χ3n) is 8.65. The summed E-state index contributed by atoms with van der Waals surface area (Å²) in [5.41, 5.74) is 3.63. The molecule has 2 saturated carbocycles. The second kappa shape index (κ2) is 9.80. The molecule has 1 aromatic rings. The van der Waals surface area contributed by atoms with Gasteiger partial charge in [-0.05, 0) is 117 Å². The Balaban J connectivity index is 1.35. The van der Waals surface area contributed by atoms with Crippen molar-refractivity contribution in [3.05, 3.63) is 47.3 Å². The largest absolute Gasteiger partial charge is 0.207 e. The van der Waals surface area contributed by atoms with E-state index in [0.717, 1.165) is 60.8 Å². The predicted molar refractivity (Wildman–Crippen MR) is 122 cm³/mol. The van der Waals surface area contributed by atoms with Crippen molar-refractivity contribution in [2.45, 2.75) is 96.8 Å². The molecule has 0 radical (unpaired) electrons. The highest BCUT2D eigenvalue weighted by atomic mass is 19.1. The lowest BCUT2D eigenvalue weighted by Gasteiger charge is -2.45. The number of hydrogen-bond donors (Lipinski definition) is 0. The first-order valence-corrected chi connectivity index (χ1v) is 12.6. The molecule has 3 aliphatic carbocycles. The Morgan fingerprint density at radius 1 is 0.966 bits per heavy atom. The number of fused-ring (bicyclic) bond motifs is 2. The fraction of sp³-hybridized carbons (Fsp3) is 0.714. The predicted octanol–water partition coefficient (Wildman–Crippen LogP) is 8.07. The molecule has 0 saturated heterocycles. The summed E-state index contributed by atoms with van der Waals surface area (Å²) < 4.78 is 14.6. The van der Waals surface area contributed by atoms with Gasteiger partial charge in [0.1, 0.15) is 5.82 Å². The van der Waals surface area contributed by atoms with Gasteiger partial charge in [0.15, 0.2) is 0 Å². The number of rotatable bonds is 7. The molecule has 0 amide bonds. The minimum absolute atomic E-state index is 0.0142. The van der Waals surface area contributed by atoms with Crippen LogP contribution < -0.4 is 0 Å². The fourth-order valence-electron chi connectivity index (χ4n) is 6.92. The molecule has 0 bridgehead atoms. The van der Waals surface area contributed by atoms with Gasteiger partial charge in [-0.15, -0.1) is 6.58 Å². The molecule has 0 N–H and O–H groups in total. The van der Waals surface area contributed by atoms with Gasteiger partial charge in [-0.25, -0.2) is 4.39 Å². The smallest absolute Gasteiger partial charge is 0.126 e. The quantitative estimate of drug-likeness (QED) is 0.409. The van der Waals surface area contributed by atoms with Gasteiger partial charge in [-0.3, -0.25) is 0 Å². The van der Waals surface area contributed by atoms with Crippen molar-refractivity contribution in [2.75, 3.05) is 0 Å². The number of hydrogen-bond acceptors (Lipinski definition) is 0. The fourth-order valence-corrected chi connectivity index (χ4v) is 6.92. The summed E-state index contributed by atoms with van der Waals surface area (Å²) in [4.78, 5) is 0. The first-order chi connectivity index (χ1) is 14.2. The Labute approximate surface area is 178 Å². The van der Waals surface area contributed by atoms with E-state index in [1.807, 2.05) is 12.1 Å². The molecule has 1 aromatic carbocycles. The first kappa shape index (κ1) is 21.1. The van der Waals surface area contributed by atoms with Crippen molar-refractivity contribution in [3.63, 3.8) is 0 Å².